The van der Waals surface area contributed by atoms with Gasteiger partial charge in [0, 0.05) is 0 Å². The van der Waals surface area contributed by atoms with Crippen molar-refractivity contribution in [3.8, 4) is 11.8 Å². The lowest BCUT2D eigenvalue weighted by molar-refractivity contribution is -0.00920. The zero-order valence-electron chi connectivity index (χ0n) is 12.6. The molecule has 108 valence electrons. The Labute approximate surface area is 121 Å². The third-order valence-electron chi connectivity index (χ3n) is 4.01. The van der Waals surface area contributed by atoms with Gasteiger partial charge in [-0.25, -0.2) is 0 Å². The van der Waals surface area contributed by atoms with Gasteiger partial charge in [-0.1, -0.05) is 19.9 Å². The van der Waals surface area contributed by atoms with Crippen molar-refractivity contribution in [3.63, 3.8) is 0 Å². The SMILES string of the molecule is COc1cc(COC2CC(C)CC(C)C2)ccc1C#N. The second-order valence-corrected chi connectivity index (χ2v) is 6.00. The van der Waals surface area contributed by atoms with E-state index in [0.717, 1.165) is 30.2 Å². The van der Waals surface area contributed by atoms with Crippen LogP contribution in [-0.2, 0) is 11.3 Å². The van der Waals surface area contributed by atoms with Gasteiger partial charge in [-0.15, -0.1) is 0 Å². The maximum atomic E-state index is 8.97. The number of rotatable bonds is 4. The van der Waals surface area contributed by atoms with Crippen LogP contribution in [0.1, 0.15) is 44.2 Å². The molecule has 1 saturated carbocycles. The van der Waals surface area contributed by atoms with Crippen LogP contribution >= 0.6 is 0 Å². The minimum Gasteiger partial charge on any atom is -0.495 e. The van der Waals surface area contributed by atoms with Crippen LogP contribution in [0, 0.1) is 23.2 Å². The molecule has 3 nitrogen and oxygen atoms in total. The first kappa shape index (κ1) is 14.9. The van der Waals surface area contributed by atoms with Crippen molar-refractivity contribution in [3.05, 3.63) is 29.3 Å². The highest BCUT2D eigenvalue weighted by molar-refractivity contribution is 5.45. The number of ether oxygens (including phenoxy) is 2. The van der Waals surface area contributed by atoms with E-state index in [1.807, 2.05) is 12.1 Å². The van der Waals surface area contributed by atoms with Crippen molar-refractivity contribution in [1.82, 2.24) is 0 Å². The summed E-state index contributed by atoms with van der Waals surface area (Å²) in [5.74, 6) is 2.12. The van der Waals surface area contributed by atoms with E-state index in [0.29, 0.717) is 24.0 Å². The molecule has 0 N–H and O–H groups in total. The van der Waals surface area contributed by atoms with Gasteiger partial charge in [0.1, 0.15) is 11.8 Å². The molecule has 3 heteroatoms. The zero-order valence-corrected chi connectivity index (χ0v) is 12.6. The van der Waals surface area contributed by atoms with E-state index in [1.54, 1.807) is 13.2 Å². The Balaban J connectivity index is 1.95. The van der Waals surface area contributed by atoms with Gasteiger partial charge in [-0.05, 0) is 48.8 Å². The van der Waals surface area contributed by atoms with Crippen LogP contribution in [0.4, 0.5) is 0 Å². The van der Waals surface area contributed by atoms with Crippen LogP contribution in [0.15, 0.2) is 18.2 Å². The second-order valence-electron chi connectivity index (χ2n) is 6.00. The van der Waals surface area contributed by atoms with Crippen LogP contribution in [0.25, 0.3) is 0 Å². The fourth-order valence-electron chi connectivity index (χ4n) is 3.14. The van der Waals surface area contributed by atoms with E-state index in [9.17, 15) is 0 Å². The number of methoxy groups -OCH3 is 1. The minimum atomic E-state index is 0.357. The Hall–Kier alpha value is -1.53. The summed E-state index contributed by atoms with van der Waals surface area (Å²) in [5, 5.41) is 8.97. The molecule has 1 fully saturated rings. The topological polar surface area (TPSA) is 42.2 Å². The van der Waals surface area contributed by atoms with Crippen LogP contribution in [0.2, 0.25) is 0 Å². The highest BCUT2D eigenvalue weighted by Gasteiger charge is 2.24. The molecule has 1 aliphatic rings. The summed E-state index contributed by atoms with van der Waals surface area (Å²) in [6.45, 7) is 5.19. The first-order valence-corrected chi connectivity index (χ1v) is 7.31. The molecule has 2 unspecified atom stereocenters. The second kappa shape index (κ2) is 6.76. The number of nitriles is 1. The van der Waals surface area contributed by atoms with Crippen LogP contribution in [0.5, 0.6) is 5.75 Å². The summed E-state index contributed by atoms with van der Waals surface area (Å²) in [6, 6.07) is 7.76. The third kappa shape index (κ3) is 3.74. The van der Waals surface area contributed by atoms with Crippen LogP contribution < -0.4 is 4.74 Å². The molecule has 1 aliphatic carbocycles. The number of hydrogen-bond acceptors (Lipinski definition) is 3. The van der Waals surface area contributed by atoms with E-state index in [2.05, 4.69) is 19.9 Å². The summed E-state index contributed by atoms with van der Waals surface area (Å²) >= 11 is 0. The Morgan fingerprint density at radius 3 is 2.50 bits per heavy atom. The Morgan fingerprint density at radius 1 is 1.20 bits per heavy atom. The molecule has 0 amide bonds. The first-order valence-electron chi connectivity index (χ1n) is 7.31. The van der Waals surface area contributed by atoms with Gasteiger partial charge < -0.3 is 9.47 Å². The normalized spacial score (nSPS) is 26.0. The molecule has 1 aromatic rings. The average molecular weight is 273 g/mol. The standard InChI is InChI=1S/C17H23NO2/c1-12-6-13(2)8-16(7-12)20-11-14-4-5-15(10-18)17(9-14)19-3/h4-5,9,12-13,16H,6-8,11H2,1-3H3. The largest absolute Gasteiger partial charge is 0.495 e. The molecule has 0 aromatic heterocycles. The summed E-state index contributed by atoms with van der Waals surface area (Å²) in [7, 11) is 1.59. The molecular formula is C17H23NO2. The van der Waals surface area contributed by atoms with Crippen molar-refractivity contribution in [2.75, 3.05) is 7.11 Å². The minimum absolute atomic E-state index is 0.357. The van der Waals surface area contributed by atoms with Crippen molar-refractivity contribution < 1.29 is 9.47 Å². The molecule has 2 atom stereocenters. The summed E-state index contributed by atoms with van der Waals surface area (Å²) in [4.78, 5) is 0. The smallest absolute Gasteiger partial charge is 0.136 e. The van der Waals surface area contributed by atoms with E-state index in [-0.39, 0.29) is 0 Å². The molecule has 0 spiro atoms. The molecule has 0 bridgehead atoms. The lowest BCUT2D eigenvalue weighted by Crippen LogP contribution is -2.26. The Bertz CT molecular complexity index is 482. The van der Waals surface area contributed by atoms with E-state index >= 15 is 0 Å². The number of hydrogen-bond donors (Lipinski definition) is 0. The predicted octanol–water partition coefficient (Wildman–Crippen LogP) is 3.91. The summed E-state index contributed by atoms with van der Waals surface area (Å²) in [6.07, 6.45) is 3.97. The van der Waals surface area contributed by atoms with Gasteiger partial charge >= 0.3 is 0 Å². The molecule has 0 heterocycles. The third-order valence-corrected chi connectivity index (χ3v) is 4.01. The van der Waals surface area contributed by atoms with Gasteiger partial charge in [0.05, 0.1) is 25.4 Å². The highest BCUT2D eigenvalue weighted by atomic mass is 16.5. The lowest BCUT2D eigenvalue weighted by atomic mass is 9.82. The van der Waals surface area contributed by atoms with E-state index in [1.165, 1.54) is 6.42 Å². The van der Waals surface area contributed by atoms with E-state index < -0.39 is 0 Å². The molecule has 0 aliphatic heterocycles. The van der Waals surface area contributed by atoms with Gasteiger partial charge in [-0.3, -0.25) is 0 Å². The van der Waals surface area contributed by atoms with Crippen LogP contribution in [-0.4, -0.2) is 13.2 Å². The van der Waals surface area contributed by atoms with Crippen molar-refractivity contribution in [2.24, 2.45) is 11.8 Å². The predicted molar refractivity (Wildman–Crippen MR) is 78.5 cm³/mol. The van der Waals surface area contributed by atoms with Crippen molar-refractivity contribution >= 4 is 0 Å². The van der Waals surface area contributed by atoms with Crippen LogP contribution in [0.3, 0.4) is 0 Å². The maximum absolute atomic E-state index is 8.97. The fraction of sp³-hybridized carbons (Fsp3) is 0.588. The molecule has 0 radical (unpaired) electrons. The van der Waals surface area contributed by atoms with Gasteiger partial charge in [0.15, 0.2) is 0 Å². The van der Waals surface area contributed by atoms with Gasteiger partial charge in [0.25, 0.3) is 0 Å². The Morgan fingerprint density at radius 2 is 1.90 bits per heavy atom. The van der Waals surface area contributed by atoms with Gasteiger partial charge in [-0.2, -0.15) is 5.26 Å². The Kier molecular flexibility index (Phi) is 5.03. The highest BCUT2D eigenvalue weighted by Crippen LogP contribution is 2.31. The quantitative estimate of drug-likeness (QED) is 0.835. The fourth-order valence-corrected chi connectivity index (χ4v) is 3.14. The summed E-state index contributed by atoms with van der Waals surface area (Å²) in [5.41, 5.74) is 1.63. The first-order chi connectivity index (χ1) is 9.62. The van der Waals surface area contributed by atoms with Gasteiger partial charge in [0.2, 0.25) is 0 Å². The molecule has 2 rings (SSSR count). The maximum Gasteiger partial charge on any atom is 0.136 e. The monoisotopic (exact) mass is 273 g/mol. The van der Waals surface area contributed by atoms with Crippen molar-refractivity contribution in [1.29, 1.82) is 5.26 Å². The summed E-state index contributed by atoms with van der Waals surface area (Å²) < 4.78 is 11.3. The molecule has 20 heavy (non-hydrogen) atoms. The molecular weight excluding hydrogens is 250 g/mol. The number of nitrogens with zero attached hydrogens (tertiary/aromatic N) is 1. The average Bonchev–Trinajstić information content (AvgIpc) is 2.43. The zero-order chi connectivity index (χ0) is 14.5. The van der Waals surface area contributed by atoms with Crippen molar-refractivity contribution in [2.45, 2.75) is 45.8 Å². The molecule has 0 saturated heterocycles. The lowest BCUT2D eigenvalue weighted by Gasteiger charge is -2.31. The molecule has 1 aromatic carbocycles. The van der Waals surface area contributed by atoms with E-state index in [4.69, 9.17) is 14.7 Å². The number of benzene rings is 1.